The highest BCUT2D eigenvalue weighted by Gasteiger charge is 2.23. The van der Waals surface area contributed by atoms with Gasteiger partial charge in [0.2, 0.25) is 0 Å². The molecule has 0 unspecified atom stereocenters. The first-order valence-corrected chi connectivity index (χ1v) is 9.48. The van der Waals surface area contributed by atoms with Crippen LogP contribution >= 0.6 is 23.4 Å². The molecule has 26 heavy (non-hydrogen) atoms. The van der Waals surface area contributed by atoms with Crippen molar-refractivity contribution >= 4 is 40.9 Å². The highest BCUT2D eigenvalue weighted by Crippen LogP contribution is 2.34. The molecule has 0 N–H and O–H groups in total. The zero-order valence-corrected chi connectivity index (χ0v) is 15.8. The molecule has 0 aliphatic carbocycles. The predicted octanol–water partition coefficient (Wildman–Crippen LogP) is 3.71. The van der Waals surface area contributed by atoms with Gasteiger partial charge in [-0.05, 0) is 36.8 Å². The smallest absolute Gasteiger partial charge is 0.344 e. The zero-order valence-electron chi connectivity index (χ0n) is 14.2. The molecule has 0 aromatic heterocycles. The first-order chi connectivity index (χ1) is 12.5. The number of aryl methyl sites for hydroxylation is 1. The summed E-state index contributed by atoms with van der Waals surface area (Å²) in [5.41, 5.74) is 1.82. The third kappa shape index (κ3) is 4.51. The second kappa shape index (κ2) is 8.47. The number of hydrogen-bond acceptors (Lipinski definition) is 5. The molecule has 3 rings (SSSR count). The number of rotatable bonds is 5. The van der Waals surface area contributed by atoms with E-state index in [2.05, 4.69) is 0 Å². The summed E-state index contributed by atoms with van der Waals surface area (Å²) in [6.07, 6.45) is 0. The number of esters is 1. The van der Waals surface area contributed by atoms with Gasteiger partial charge >= 0.3 is 5.97 Å². The third-order valence-corrected chi connectivity index (χ3v) is 5.17. The van der Waals surface area contributed by atoms with Gasteiger partial charge in [0.1, 0.15) is 5.75 Å². The van der Waals surface area contributed by atoms with Crippen LogP contribution in [-0.4, -0.2) is 37.4 Å². The van der Waals surface area contributed by atoms with Crippen LogP contribution in [-0.2, 0) is 14.3 Å². The molecule has 1 aliphatic heterocycles. The maximum absolute atomic E-state index is 12.4. The SMILES string of the molecule is Cc1ccc(Cl)c(OCC(=O)OCC(=O)N2CCSc3ccccc32)c1. The summed E-state index contributed by atoms with van der Waals surface area (Å²) in [4.78, 5) is 27.0. The van der Waals surface area contributed by atoms with Crippen molar-refractivity contribution in [1.82, 2.24) is 0 Å². The number of nitrogens with zero attached hydrogens (tertiary/aromatic N) is 1. The van der Waals surface area contributed by atoms with Crippen LogP contribution in [0.2, 0.25) is 5.02 Å². The summed E-state index contributed by atoms with van der Waals surface area (Å²) in [7, 11) is 0. The van der Waals surface area contributed by atoms with Gasteiger partial charge in [-0.15, -0.1) is 11.8 Å². The number of carbonyl (C=O) groups excluding carboxylic acids is 2. The molecular formula is C19H18ClNO4S. The number of hydrogen-bond donors (Lipinski definition) is 0. The fraction of sp³-hybridized carbons (Fsp3) is 0.263. The van der Waals surface area contributed by atoms with Crippen molar-refractivity contribution in [3.05, 3.63) is 53.1 Å². The van der Waals surface area contributed by atoms with E-state index < -0.39 is 5.97 Å². The summed E-state index contributed by atoms with van der Waals surface area (Å²) >= 11 is 7.73. The number of benzene rings is 2. The fourth-order valence-electron chi connectivity index (χ4n) is 2.55. The largest absolute Gasteiger partial charge is 0.480 e. The van der Waals surface area contributed by atoms with Crippen LogP contribution in [0.1, 0.15) is 5.56 Å². The standard InChI is InChI=1S/C19H18ClNO4S/c1-13-6-7-14(20)16(10-13)24-12-19(23)25-11-18(22)21-8-9-26-17-5-3-2-4-15(17)21/h2-7,10H,8-9,11-12H2,1H3. The highest BCUT2D eigenvalue weighted by molar-refractivity contribution is 7.99. The zero-order chi connectivity index (χ0) is 18.5. The van der Waals surface area contributed by atoms with Gasteiger partial charge in [-0.2, -0.15) is 0 Å². The monoisotopic (exact) mass is 391 g/mol. The van der Waals surface area contributed by atoms with E-state index in [4.69, 9.17) is 21.1 Å². The van der Waals surface area contributed by atoms with Crippen molar-refractivity contribution in [2.45, 2.75) is 11.8 Å². The van der Waals surface area contributed by atoms with Crippen LogP contribution in [0.3, 0.4) is 0 Å². The minimum absolute atomic E-state index is 0.250. The Morgan fingerprint density at radius 1 is 1.19 bits per heavy atom. The first-order valence-electron chi connectivity index (χ1n) is 8.11. The lowest BCUT2D eigenvalue weighted by Crippen LogP contribution is -2.38. The second-order valence-corrected chi connectivity index (χ2v) is 7.29. The Kier molecular flexibility index (Phi) is 6.06. The number of halogens is 1. The number of para-hydroxylation sites is 1. The van der Waals surface area contributed by atoms with E-state index in [1.807, 2.05) is 37.3 Å². The maximum atomic E-state index is 12.4. The molecule has 1 amide bonds. The number of thioether (sulfide) groups is 1. The minimum Gasteiger partial charge on any atom is -0.480 e. The highest BCUT2D eigenvalue weighted by atomic mass is 35.5. The van der Waals surface area contributed by atoms with E-state index in [-0.39, 0.29) is 19.1 Å². The van der Waals surface area contributed by atoms with Crippen LogP contribution in [0, 0.1) is 6.92 Å². The molecule has 0 radical (unpaired) electrons. The average molecular weight is 392 g/mol. The maximum Gasteiger partial charge on any atom is 0.344 e. The van der Waals surface area contributed by atoms with Crippen molar-refractivity contribution in [2.75, 3.05) is 30.4 Å². The lowest BCUT2D eigenvalue weighted by molar-refractivity contribution is -0.149. The Hall–Kier alpha value is -2.18. The number of fused-ring (bicyclic) bond motifs is 1. The summed E-state index contributed by atoms with van der Waals surface area (Å²) in [5.74, 6) is 0.360. The van der Waals surface area contributed by atoms with Crippen molar-refractivity contribution in [3.63, 3.8) is 0 Å². The Bertz CT molecular complexity index is 827. The molecule has 0 fully saturated rings. The molecule has 5 nitrogen and oxygen atoms in total. The van der Waals surface area contributed by atoms with Crippen molar-refractivity contribution in [3.8, 4) is 5.75 Å². The van der Waals surface area contributed by atoms with Gasteiger partial charge in [-0.25, -0.2) is 4.79 Å². The number of amides is 1. The molecule has 0 saturated heterocycles. The van der Waals surface area contributed by atoms with Crippen LogP contribution in [0.25, 0.3) is 0 Å². The van der Waals surface area contributed by atoms with Crippen molar-refractivity contribution in [2.24, 2.45) is 0 Å². The Labute approximate surface area is 161 Å². The number of carbonyl (C=O) groups is 2. The molecule has 1 aliphatic rings. The molecule has 1 heterocycles. The third-order valence-electron chi connectivity index (χ3n) is 3.82. The summed E-state index contributed by atoms with van der Waals surface area (Å²) in [6, 6.07) is 13.0. The quantitative estimate of drug-likeness (QED) is 0.727. The van der Waals surface area contributed by atoms with Gasteiger partial charge in [0.25, 0.3) is 5.91 Å². The number of anilines is 1. The summed E-state index contributed by atoms with van der Waals surface area (Å²) in [5, 5.41) is 0.418. The molecule has 0 saturated carbocycles. The molecule has 0 bridgehead atoms. The molecule has 136 valence electrons. The average Bonchev–Trinajstić information content (AvgIpc) is 2.66. The van der Waals surface area contributed by atoms with Gasteiger partial charge in [0.05, 0.1) is 10.7 Å². The lowest BCUT2D eigenvalue weighted by atomic mass is 10.2. The van der Waals surface area contributed by atoms with Crippen molar-refractivity contribution < 1.29 is 19.1 Å². The summed E-state index contributed by atoms with van der Waals surface area (Å²) in [6.45, 7) is 1.87. The Morgan fingerprint density at radius 2 is 2.00 bits per heavy atom. The molecule has 0 spiro atoms. The topological polar surface area (TPSA) is 55.8 Å². The van der Waals surface area contributed by atoms with Crippen LogP contribution < -0.4 is 9.64 Å². The first kappa shape index (κ1) is 18.6. The molecule has 7 heteroatoms. The minimum atomic E-state index is -0.615. The second-order valence-electron chi connectivity index (χ2n) is 5.74. The van der Waals surface area contributed by atoms with E-state index in [9.17, 15) is 9.59 Å². The van der Waals surface area contributed by atoms with Crippen LogP contribution in [0.15, 0.2) is 47.4 Å². The molecule has 2 aromatic carbocycles. The van der Waals surface area contributed by atoms with Gasteiger partial charge in [-0.3, -0.25) is 4.79 Å². The van der Waals surface area contributed by atoms with Gasteiger partial charge in [-0.1, -0.05) is 29.8 Å². The van der Waals surface area contributed by atoms with Gasteiger partial charge < -0.3 is 14.4 Å². The molecular weight excluding hydrogens is 374 g/mol. The van der Waals surface area contributed by atoms with E-state index in [0.29, 0.717) is 17.3 Å². The Balaban J connectivity index is 1.52. The van der Waals surface area contributed by atoms with E-state index >= 15 is 0 Å². The van der Waals surface area contributed by atoms with Crippen LogP contribution in [0.5, 0.6) is 5.75 Å². The fourth-order valence-corrected chi connectivity index (χ4v) is 3.72. The van der Waals surface area contributed by atoms with Gasteiger partial charge in [0.15, 0.2) is 13.2 Å². The van der Waals surface area contributed by atoms with Gasteiger partial charge in [0, 0.05) is 17.2 Å². The normalized spacial score (nSPS) is 13.1. The van der Waals surface area contributed by atoms with Crippen molar-refractivity contribution in [1.29, 1.82) is 0 Å². The predicted molar refractivity (Wildman–Crippen MR) is 102 cm³/mol. The van der Waals surface area contributed by atoms with E-state index in [1.165, 1.54) is 0 Å². The number of ether oxygens (including phenoxy) is 2. The molecule has 0 atom stereocenters. The lowest BCUT2D eigenvalue weighted by Gasteiger charge is -2.28. The van der Waals surface area contributed by atoms with Crippen LogP contribution in [0.4, 0.5) is 5.69 Å². The molecule has 2 aromatic rings. The summed E-state index contributed by atoms with van der Waals surface area (Å²) < 4.78 is 10.4. The Morgan fingerprint density at radius 3 is 2.85 bits per heavy atom. The van der Waals surface area contributed by atoms with E-state index in [0.717, 1.165) is 21.9 Å². The van der Waals surface area contributed by atoms with E-state index in [1.54, 1.807) is 28.8 Å².